The molecule has 4 aromatic carbocycles. The molecule has 1 N–H and O–H groups in total. The second-order valence-corrected chi connectivity index (χ2v) is 13.5. The number of nitrogens with one attached hydrogen (secondary N) is 1. The van der Waals surface area contributed by atoms with E-state index in [2.05, 4.69) is 21.2 Å². The SMILES string of the molecule is CCNC(=O)[C@@H](Cc1ccccc1)N(Cc1ccccc1Cl)C(=O)CN(c1ccc(C)cc1)S(=O)(=O)c1ccc(OC)c(Br)c1. The first-order valence-electron chi connectivity index (χ1n) is 14.3. The summed E-state index contributed by atoms with van der Waals surface area (Å²) in [4.78, 5) is 29.4. The molecule has 0 fully saturated rings. The predicted molar refractivity (Wildman–Crippen MR) is 181 cm³/mol. The summed E-state index contributed by atoms with van der Waals surface area (Å²) in [5.41, 5.74) is 2.70. The number of nitrogens with zero attached hydrogens (tertiary/aromatic N) is 2. The number of benzene rings is 4. The van der Waals surface area contributed by atoms with Crippen LogP contribution in [0.3, 0.4) is 0 Å². The zero-order valence-electron chi connectivity index (χ0n) is 25.2. The van der Waals surface area contributed by atoms with Crippen LogP contribution >= 0.6 is 27.5 Å². The molecule has 45 heavy (non-hydrogen) atoms. The molecule has 0 spiro atoms. The zero-order chi connectivity index (χ0) is 32.6. The molecule has 1 atom stereocenters. The van der Waals surface area contributed by atoms with Gasteiger partial charge in [0.1, 0.15) is 18.3 Å². The van der Waals surface area contributed by atoms with Crippen LogP contribution < -0.4 is 14.4 Å². The average Bonchev–Trinajstić information content (AvgIpc) is 3.03. The van der Waals surface area contributed by atoms with Crippen LogP contribution in [-0.4, -0.2) is 51.4 Å². The third-order valence-corrected chi connectivity index (χ3v) is 9.99. The Kier molecular flexibility index (Phi) is 11.7. The Morgan fingerprint density at radius 2 is 1.62 bits per heavy atom. The molecule has 0 unspecified atom stereocenters. The molecule has 8 nitrogen and oxygen atoms in total. The third-order valence-electron chi connectivity index (χ3n) is 7.23. The predicted octanol–water partition coefficient (Wildman–Crippen LogP) is 6.39. The molecule has 0 bridgehead atoms. The first-order valence-corrected chi connectivity index (χ1v) is 16.9. The number of sulfonamides is 1. The van der Waals surface area contributed by atoms with Crippen molar-refractivity contribution in [1.82, 2.24) is 10.2 Å². The van der Waals surface area contributed by atoms with E-state index in [1.807, 2.05) is 37.3 Å². The van der Waals surface area contributed by atoms with Gasteiger partial charge in [0.25, 0.3) is 10.0 Å². The minimum atomic E-state index is -4.27. The van der Waals surface area contributed by atoms with Crippen molar-refractivity contribution in [3.05, 3.63) is 123 Å². The molecule has 0 saturated heterocycles. The largest absolute Gasteiger partial charge is 0.496 e. The van der Waals surface area contributed by atoms with Gasteiger partial charge in [0.05, 0.1) is 22.2 Å². The van der Waals surface area contributed by atoms with Crippen LogP contribution in [0.15, 0.2) is 106 Å². The number of anilines is 1. The lowest BCUT2D eigenvalue weighted by atomic mass is 10.0. The normalized spacial score (nSPS) is 11.8. The lowest BCUT2D eigenvalue weighted by molar-refractivity contribution is -0.140. The number of amides is 2. The first-order chi connectivity index (χ1) is 21.5. The number of hydrogen-bond donors (Lipinski definition) is 1. The lowest BCUT2D eigenvalue weighted by Gasteiger charge is -2.34. The number of halogens is 2. The summed E-state index contributed by atoms with van der Waals surface area (Å²) in [7, 11) is -2.78. The summed E-state index contributed by atoms with van der Waals surface area (Å²) in [6.07, 6.45) is 0.214. The van der Waals surface area contributed by atoms with Gasteiger partial charge in [0.2, 0.25) is 11.8 Å². The molecule has 4 rings (SSSR count). The number of aryl methyl sites for hydroxylation is 1. The van der Waals surface area contributed by atoms with Crippen LogP contribution in [0.5, 0.6) is 5.75 Å². The zero-order valence-corrected chi connectivity index (χ0v) is 28.4. The maximum atomic E-state index is 14.5. The van der Waals surface area contributed by atoms with Gasteiger partial charge >= 0.3 is 0 Å². The maximum Gasteiger partial charge on any atom is 0.264 e. The Balaban J connectivity index is 1.81. The van der Waals surface area contributed by atoms with E-state index in [1.165, 1.54) is 24.1 Å². The van der Waals surface area contributed by atoms with E-state index in [1.54, 1.807) is 61.5 Å². The van der Waals surface area contributed by atoms with Crippen LogP contribution in [0.25, 0.3) is 0 Å². The van der Waals surface area contributed by atoms with Gasteiger partial charge in [-0.2, -0.15) is 0 Å². The smallest absolute Gasteiger partial charge is 0.264 e. The third kappa shape index (κ3) is 8.45. The van der Waals surface area contributed by atoms with E-state index < -0.39 is 28.5 Å². The van der Waals surface area contributed by atoms with Crippen LogP contribution in [0, 0.1) is 6.92 Å². The molecule has 0 radical (unpaired) electrons. The van der Waals surface area contributed by atoms with Crippen LogP contribution in [0.2, 0.25) is 5.02 Å². The number of carbonyl (C=O) groups is 2. The minimum Gasteiger partial charge on any atom is -0.496 e. The Morgan fingerprint density at radius 3 is 2.24 bits per heavy atom. The first kappa shape index (κ1) is 34.0. The topological polar surface area (TPSA) is 96.0 Å². The van der Waals surface area contributed by atoms with Crippen molar-refractivity contribution in [2.24, 2.45) is 0 Å². The van der Waals surface area contributed by atoms with Gasteiger partial charge in [-0.15, -0.1) is 0 Å². The quantitative estimate of drug-likeness (QED) is 0.173. The summed E-state index contributed by atoms with van der Waals surface area (Å²) in [6, 6.07) is 26.8. The Hall–Kier alpha value is -3.86. The molecule has 0 heterocycles. The second-order valence-electron chi connectivity index (χ2n) is 10.4. The van der Waals surface area contributed by atoms with Gasteiger partial charge in [-0.05, 0) is 77.3 Å². The van der Waals surface area contributed by atoms with Gasteiger partial charge in [-0.1, -0.05) is 77.8 Å². The standard InChI is InChI=1S/C34H35BrClN3O5S/c1-4-37-34(41)31(20-25-10-6-5-7-11-25)38(22-26-12-8-9-13-30(26)36)33(40)23-39(27-16-14-24(2)15-17-27)45(42,43)28-18-19-32(44-3)29(35)21-28/h5-19,21,31H,4,20,22-23H2,1-3H3,(H,37,41)/t31-/m1/s1. The highest BCUT2D eigenvalue weighted by atomic mass is 79.9. The molecule has 4 aromatic rings. The highest BCUT2D eigenvalue weighted by Crippen LogP contribution is 2.31. The van der Waals surface area contributed by atoms with Crippen molar-refractivity contribution in [1.29, 1.82) is 0 Å². The summed E-state index contributed by atoms with van der Waals surface area (Å²) in [5, 5.41) is 3.28. The van der Waals surface area contributed by atoms with E-state index in [4.69, 9.17) is 16.3 Å². The van der Waals surface area contributed by atoms with Gasteiger partial charge in [-0.3, -0.25) is 13.9 Å². The van der Waals surface area contributed by atoms with Crippen molar-refractivity contribution < 1.29 is 22.7 Å². The molecule has 11 heteroatoms. The summed E-state index contributed by atoms with van der Waals surface area (Å²) in [6.45, 7) is 3.47. The van der Waals surface area contributed by atoms with Crippen molar-refractivity contribution in [2.75, 3.05) is 24.5 Å². The van der Waals surface area contributed by atoms with E-state index in [9.17, 15) is 18.0 Å². The highest BCUT2D eigenvalue weighted by molar-refractivity contribution is 9.10. The van der Waals surface area contributed by atoms with Crippen molar-refractivity contribution in [2.45, 2.75) is 37.8 Å². The van der Waals surface area contributed by atoms with Crippen molar-refractivity contribution in [3.8, 4) is 5.75 Å². The minimum absolute atomic E-state index is 0.0109. The molecular weight excluding hydrogens is 678 g/mol. The summed E-state index contributed by atoms with van der Waals surface area (Å²) in [5.74, 6) is -0.465. The molecule has 2 amide bonds. The second kappa shape index (κ2) is 15.4. The lowest BCUT2D eigenvalue weighted by Crippen LogP contribution is -2.53. The van der Waals surface area contributed by atoms with Crippen molar-refractivity contribution in [3.63, 3.8) is 0 Å². The van der Waals surface area contributed by atoms with E-state index in [-0.39, 0.29) is 23.8 Å². The van der Waals surface area contributed by atoms with Gasteiger partial charge in [0.15, 0.2) is 0 Å². The van der Waals surface area contributed by atoms with E-state index in [0.717, 1.165) is 15.4 Å². The number of carbonyl (C=O) groups excluding carboxylic acids is 2. The monoisotopic (exact) mass is 711 g/mol. The molecule has 0 saturated carbocycles. The van der Waals surface area contributed by atoms with Gasteiger partial charge < -0.3 is 15.0 Å². The molecule has 0 aliphatic carbocycles. The van der Waals surface area contributed by atoms with Crippen LogP contribution in [0.1, 0.15) is 23.6 Å². The number of methoxy groups -OCH3 is 1. The fourth-order valence-electron chi connectivity index (χ4n) is 4.83. The number of ether oxygens (including phenoxy) is 1. The molecule has 236 valence electrons. The summed E-state index contributed by atoms with van der Waals surface area (Å²) < 4.78 is 35.3. The number of hydrogen-bond acceptors (Lipinski definition) is 5. The fraction of sp³-hybridized carbons (Fsp3) is 0.235. The maximum absolute atomic E-state index is 14.5. The average molecular weight is 713 g/mol. The molecule has 0 aromatic heterocycles. The Morgan fingerprint density at radius 1 is 0.956 bits per heavy atom. The molecule has 0 aliphatic rings. The Labute approximate surface area is 278 Å². The van der Waals surface area contributed by atoms with E-state index >= 15 is 0 Å². The Bertz CT molecular complexity index is 1740. The van der Waals surface area contributed by atoms with Crippen LogP contribution in [-0.2, 0) is 32.6 Å². The molecule has 0 aliphatic heterocycles. The highest BCUT2D eigenvalue weighted by Gasteiger charge is 2.35. The number of rotatable bonds is 13. The fourth-order valence-corrected chi connectivity index (χ4v) is 7.16. The van der Waals surface area contributed by atoms with Gasteiger partial charge in [-0.25, -0.2) is 8.42 Å². The molecular formula is C34H35BrClN3O5S. The van der Waals surface area contributed by atoms with E-state index in [0.29, 0.717) is 33.0 Å². The van der Waals surface area contributed by atoms with Gasteiger partial charge in [0, 0.05) is 24.5 Å². The van der Waals surface area contributed by atoms with Crippen molar-refractivity contribution >= 4 is 55.1 Å². The summed E-state index contributed by atoms with van der Waals surface area (Å²) >= 11 is 9.90. The number of likely N-dealkylation sites (N-methyl/N-ethyl adjacent to an activating group) is 1. The van der Waals surface area contributed by atoms with Crippen LogP contribution in [0.4, 0.5) is 5.69 Å².